The van der Waals surface area contributed by atoms with Gasteiger partial charge in [-0.3, -0.25) is 9.59 Å². The molecule has 1 saturated carbocycles. The van der Waals surface area contributed by atoms with E-state index in [1.54, 1.807) is 6.07 Å². The van der Waals surface area contributed by atoms with Crippen molar-refractivity contribution in [2.75, 3.05) is 25.9 Å². The molecule has 1 aliphatic heterocycles. The lowest BCUT2D eigenvalue weighted by Crippen LogP contribution is -2.50. The average Bonchev–Trinajstić information content (AvgIpc) is 3.37. The van der Waals surface area contributed by atoms with E-state index in [0.717, 1.165) is 18.5 Å². The third-order valence-corrected chi connectivity index (χ3v) is 4.54. The van der Waals surface area contributed by atoms with Crippen LogP contribution in [0.1, 0.15) is 40.4 Å². The Morgan fingerprint density at radius 2 is 2.32 bits per heavy atom. The normalized spacial score (nSPS) is 17.8. The first kappa shape index (κ1) is 14.9. The Balaban J connectivity index is 2.00. The number of nitriles is 1. The molecule has 1 N–H and O–H groups in total. The molecule has 2 aliphatic rings. The molecule has 0 spiro atoms. The first-order valence-electron chi connectivity index (χ1n) is 7.19. The molecule has 0 unspecified atom stereocenters. The highest BCUT2D eigenvalue weighted by Crippen LogP contribution is 2.40. The molecule has 1 saturated heterocycles. The van der Waals surface area contributed by atoms with Crippen molar-refractivity contribution in [2.24, 2.45) is 0 Å². The van der Waals surface area contributed by atoms with Crippen molar-refractivity contribution < 1.29 is 9.59 Å². The molecule has 1 aromatic rings. The molecule has 2 amide bonds. The zero-order valence-corrected chi connectivity index (χ0v) is 13.1. The molecular weight excluding hydrogens is 300 g/mol. The SMILES string of the molecule is CSc1nc(C2CC2)cc(C(=O)N2CCNC(=O)C2)c1C#N. The summed E-state index contributed by atoms with van der Waals surface area (Å²) in [6, 6.07) is 3.84. The van der Waals surface area contributed by atoms with Gasteiger partial charge in [-0.25, -0.2) is 4.98 Å². The smallest absolute Gasteiger partial charge is 0.255 e. The van der Waals surface area contributed by atoms with E-state index in [4.69, 9.17) is 0 Å². The van der Waals surface area contributed by atoms with Crippen molar-refractivity contribution in [3.05, 3.63) is 22.9 Å². The monoisotopic (exact) mass is 316 g/mol. The summed E-state index contributed by atoms with van der Waals surface area (Å²) >= 11 is 1.37. The number of carbonyl (C=O) groups is 2. The fourth-order valence-electron chi connectivity index (χ4n) is 2.54. The third kappa shape index (κ3) is 2.79. The molecule has 3 rings (SSSR count). The predicted molar refractivity (Wildman–Crippen MR) is 81.6 cm³/mol. The highest BCUT2D eigenvalue weighted by Gasteiger charge is 2.30. The van der Waals surface area contributed by atoms with Crippen molar-refractivity contribution in [3.63, 3.8) is 0 Å². The van der Waals surface area contributed by atoms with Crippen LogP contribution in [0.25, 0.3) is 0 Å². The van der Waals surface area contributed by atoms with Crippen molar-refractivity contribution in [2.45, 2.75) is 23.8 Å². The summed E-state index contributed by atoms with van der Waals surface area (Å²) in [6.07, 6.45) is 4.00. The van der Waals surface area contributed by atoms with Gasteiger partial charge in [0.2, 0.25) is 5.91 Å². The van der Waals surface area contributed by atoms with Gasteiger partial charge in [0.15, 0.2) is 0 Å². The molecular formula is C15H16N4O2S. The van der Waals surface area contributed by atoms with Crippen LogP contribution in [0.2, 0.25) is 0 Å². The second kappa shape index (κ2) is 5.97. The van der Waals surface area contributed by atoms with Crippen LogP contribution < -0.4 is 5.32 Å². The van der Waals surface area contributed by atoms with Crippen LogP contribution in [0.15, 0.2) is 11.1 Å². The van der Waals surface area contributed by atoms with Crippen LogP contribution in [-0.2, 0) is 4.79 Å². The predicted octanol–water partition coefficient (Wildman–Crippen LogP) is 1.12. The zero-order chi connectivity index (χ0) is 15.7. The minimum Gasteiger partial charge on any atom is -0.353 e. The quantitative estimate of drug-likeness (QED) is 0.845. The number of rotatable bonds is 3. The van der Waals surface area contributed by atoms with Crippen LogP contribution in [0, 0.1) is 11.3 Å². The van der Waals surface area contributed by atoms with Crippen LogP contribution >= 0.6 is 11.8 Å². The molecule has 7 heteroatoms. The second-order valence-electron chi connectivity index (χ2n) is 5.44. The minimum absolute atomic E-state index is 0.0411. The Bertz CT molecular complexity index is 679. The highest BCUT2D eigenvalue weighted by molar-refractivity contribution is 7.98. The zero-order valence-electron chi connectivity index (χ0n) is 12.3. The Morgan fingerprint density at radius 3 is 2.91 bits per heavy atom. The van der Waals surface area contributed by atoms with E-state index in [2.05, 4.69) is 16.4 Å². The van der Waals surface area contributed by atoms with Gasteiger partial charge in [-0.1, -0.05) is 0 Å². The molecule has 22 heavy (non-hydrogen) atoms. The number of nitrogens with one attached hydrogen (secondary N) is 1. The van der Waals surface area contributed by atoms with Crippen LogP contribution in [0.4, 0.5) is 0 Å². The Labute approximate surface area is 132 Å². The minimum atomic E-state index is -0.258. The summed E-state index contributed by atoms with van der Waals surface area (Å²) in [5.41, 5.74) is 1.57. The van der Waals surface area contributed by atoms with Gasteiger partial charge in [0.05, 0.1) is 17.7 Å². The van der Waals surface area contributed by atoms with Crippen LogP contribution in [-0.4, -0.2) is 47.6 Å². The van der Waals surface area contributed by atoms with Crippen molar-refractivity contribution in [1.29, 1.82) is 5.26 Å². The summed E-state index contributed by atoms with van der Waals surface area (Å²) in [5.74, 6) is -0.0273. The number of nitrogens with zero attached hydrogens (tertiary/aromatic N) is 3. The van der Waals surface area contributed by atoms with Crippen molar-refractivity contribution >= 4 is 23.6 Å². The first-order chi connectivity index (χ1) is 10.6. The molecule has 2 heterocycles. The van der Waals surface area contributed by atoms with E-state index in [1.807, 2.05) is 6.26 Å². The standard InChI is InChI=1S/C15H16N4O2S/c1-22-14-11(7-16)10(6-12(18-14)9-2-3-9)15(21)19-5-4-17-13(20)8-19/h6,9H,2-5,8H2,1H3,(H,17,20). The van der Waals surface area contributed by atoms with Crippen LogP contribution in [0.3, 0.4) is 0 Å². The maximum absolute atomic E-state index is 12.7. The number of hydrogen-bond donors (Lipinski definition) is 1. The van der Waals surface area contributed by atoms with E-state index in [9.17, 15) is 14.9 Å². The van der Waals surface area contributed by atoms with Crippen molar-refractivity contribution in [3.8, 4) is 6.07 Å². The van der Waals surface area contributed by atoms with Gasteiger partial charge in [-0.2, -0.15) is 5.26 Å². The number of thioether (sulfide) groups is 1. The Kier molecular flexibility index (Phi) is 4.03. The lowest BCUT2D eigenvalue weighted by molar-refractivity contribution is -0.123. The number of piperazine rings is 1. The topological polar surface area (TPSA) is 86.1 Å². The van der Waals surface area contributed by atoms with E-state index in [-0.39, 0.29) is 18.4 Å². The van der Waals surface area contributed by atoms with Crippen molar-refractivity contribution in [1.82, 2.24) is 15.2 Å². The summed E-state index contributed by atoms with van der Waals surface area (Å²) < 4.78 is 0. The number of carbonyl (C=O) groups excluding carboxylic acids is 2. The number of pyridine rings is 1. The molecule has 1 aliphatic carbocycles. The lowest BCUT2D eigenvalue weighted by atomic mass is 10.1. The molecule has 1 aromatic heterocycles. The highest BCUT2D eigenvalue weighted by atomic mass is 32.2. The fraction of sp³-hybridized carbons (Fsp3) is 0.467. The van der Waals surface area contributed by atoms with Gasteiger partial charge in [0.25, 0.3) is 5.91 Å². The largest absolute Gasteiger partial charge is 0.353 e. The number of amides is 2. The van der Waals surface area contributed by atoms with E-state index in [0.29, 0.717) is 35.2 Å². The van der Waals surface area contributed by atoms with Crippen LogP contribution in [0.5, 0.6) is 0 Å². The Morgan fingerprint density at radius 1 is 1.55 bits per heavy atom. The molecule has 6 nitrogen and oxygen atoms in total. The molecule has 0 bridgehead atoms. The molecule has 0 aromatic carbocycles. The average molecular weight is 316 g/mol. The summed E-state index contributed by atoms with van der Waals surface area (Å²) in [5, 5.41) is 12.7. The number of aromatic nitrogens is 1. The second-order valence-corrected chi connectivity index (χ2v) is 6.24. The molecule has 2 fully saturated rings. The van der Waals surface area contributed by atoms with E-state index >= 15 is 0 Å². The van der Waals surface area contributed by atoms with Gasteiger partial charge in [-0.05, 0) is 25.2 Å². The van der Waals surface area contributed by atoms with Gasteiger partial charge in [-0.15, -0.1) is 11.8 Å². The maximum atomic E-state index is 12.7. The van der Waals surface area contributed by atoms with Gasteiger partial charge in [0.1, 0.15) is 11.1 Å². The third-order valence-electron chi connectivity index (χ3n) is 3.86. The summed E-state index contributed by atoms with van der Waals surface area (Å²) in [6.45, 7) is 0.951. The van der Waals surface area contributed by atoms with E-state index < -0.39 is 0 Å². The fourth-order valence-corrected chi connectivity index (χ4v) is 3.09. The van der Waals surface area contributed by atoms with Gasteiger partial charge >= 0.3 is 0 Å². The molecule has 114 valence electrons. The lowest BCUT2D eigenvalue weighted by Gasteiger charge is -2.27. The van der Waals surface area contributed by atoms with E-state index in [1.165, 1.54) is 16.7 Å². The summed E-state index contributed by atoms with van der Waals surface area (Å²) in [7, 11) is 0. The molecule has 0 atom stereocenters. The Hall–Kier alpha value is -2.07. The van der Waals surface area contributed by atoms with Gasteiger partial charge in [0, 0.05) is 24.7 Å². The molecule has 0 radical (unpaired) electrons. The van der Waals surface area contributed by atoms with Gasteiger partial charge < -0.3 is 10.2 Å². The first-order valence-corrected chi connectivity index (χ1v) is 8.41. The summed E-state index contributed by atoms with van der Waals surface area (Å²) in [4.78, 5) is 30.2. The maximum Gasteiger partial charge on any atom is 0.255 e. The number of hydrogen-bond acceptors (Lipinski definition) is 5.